The van der Waals surface area contributed by atoms with E-state index >= 15 is 0 Å². The number of nitrogens with zero attached hydrogens (tertiary/aromatic N) is 5. The number of rotatable bonds is 9. The van der Waals surface area contributed by atoms with Crippen LogP contribution in [0.5, 0.6) is 5.75 Å². The summed E-state index contributed by atoms with van der Waals surface area (Å²) in [5.41, 5.74) is 4.39. The first-order chi connectivity index (χ1) is 17.3. The van der Waals surface area contributed by atoms with Gasteiger partial charge in [0.1, 0.15) is 11.6 Å². The van der Waals surface area contributed by atoms with Crippen molar-refractivity contribution in [2.24, 2.45) is 7.05 Å². The highest BCUT2D eigenvalue weighted by molar-refractivity contribution is 6.02. The second kappa shape index (κ2) is 10.5. The number of carbonyl (C=O) groups is 1. The largest absolute Gasteiger partial charge is 0.506 e. The molecule has 0 aliphatic carbocycles. The smallest absolute Gasteiger partial charge is 0.247 e. The third-order valence-electron chi connectivity index (χ3n) is 5.92. The lowest BCUT2D eigenvalue weighted by atomic mass is 10.1. The average Bonchev–Trinajstić information content (AvgIpc) is 3.21. The summed E-state index contributed by atoms with van der Waals surface area (Å²) in [5.74, 6) is 0.146. The number of anilines is 4. The molecule has 0 aliphatic rings. The van der Waals surface area contributed by atoms with Gasteiger partial charge in [-0.3, -0.25) is 9.78 Å². The molecule has 9 heteroatoms. The van der Waals surface area contributed by atoms with Crippen molar-refractivity contribution in [3.8, 4) is 17.0 Å². The van der Waals surface area contributed by atoms with E-state index in [1.807, 2.05) is 51.4 Å². The molecule has 0 spiro atoms. The van der Waals surface area contributed by atoms with E-state index in [0.29, 0.717) is 35.1 Å². The van der Waals surface area contributed by atoms with Gasteiger partial charge in [-0.1, -0.05) is 24.8 Å². The number of aromatic nitrogens is 3. The maximum absolute atomic E-state index is 12.1. The molecule has 0 aliphatic heterocycles. The summed E-state index contributed by atoms with van der Waals surface area (Å²) in [7, 11) is 7.89. The molecule has 0 unspecified atom stereocenters. The molecule has 3 N–H and O–H groups in total. The topological polar surface area (TPSA) is 98.5 Å². The molecule has 186 valence electrons. The Labute approximate surface area is 210 Å². The molecule has 1 amide bonds. The third-order valence-corrected chi connectivity index (χ3v) is 5.92. The highest BCUT2D eigenvalue weighted by atomic mass is 16.3. The number of nitrogens with one attached hydrogen (secondary N) is 2. The quantitative estimate of drug-likeness (QED) is 0.186. The summed E-state index contributed by atoms with van der Waals surface area (Å²) in [6.45, 7) is 5.05. The molecule has 2 aromatic carbocycles. The van der Waals surface area contributed by atoms with Gasteiger partial charge in [0.15, 0.2) is 0 Å². The second-order valence-electron chi connectivity index (χ2n) is 8.89. The van der Waals surface area contributed by atoms with Crippen molar-refractivity contribution in [2.45, 2.75) is 0 Å². The fourth-order valence-electron chi connectivity index (χ4n) is 3.99. The van der Waals surface area contributed by atoms with Crippen molar-refractivity contribution in [3.05, 3.63) is 67.6 Å². The van der Waals surface area contributed by atoms with Gasteiger partial charge in [-0.05, 0) is 32.3 Å². The average molecular weight is 486 g/mol. The summed E-state index contributed by atoms with van der Waals surface area (Å²) in [6, 6.07) is 11.4. The Bertz CT molecular complexity index is 1410. The maximum atomic E-state index is 12.1. The Kier molecular flexibility index (Phi) is 7.21. The summed E-state index contributed by atoms with van der Waals surface area (Å²) in [4.78, 5) is 25.3. The zero-order valence-electron chi connectivity index (χ0n) is 21.0. The number of benzene rings is 2. The number of fused-ring (bicyclic) bond motifs is 1. The van der Waals surface area contributed by atoms with Gasteiger partial charge in [-0.15, -0.1) is 0 Å². The normalized spacial score (nSPS) is 11.0. The van der Waals surface area contributed by atoms with E-state index < -0.39 is 0 Å². The number of amides is 1. The molecule has 9 nitrogen and oxygen atoms in total. The Hall–Kier alpha value is -4.37. The number of aryl methyl sites for hydroxylation is 1. The van der Waals surface area contributed by atoms with Gasteiger partial charge in [-0.25, -0.2) is 4.98 Å². The van der Waals surface area contributed by atoms with Gasteiger partial charge in [0.25, 0.3) is 0 Å². The van der Waals surface area contributed by atoms with Crippen LogP contribution in [0.3, 0.4) is 0 Å². The van der Waals surface area contributed by atoms with E-state index in [4.69, 9.17) is 4.98 Å². The number of phenols is 1. The zero-order chi connectivity index (χ0) is 25.8. The van der Waals surface area contributed by atoms with Crippen molar-refractivity contribution < 1.29 is 9.90 Å². The maximum Gasteiger partial charge on any atom is 0.247 e. The summed E-state index contributed by atoms with van der Waals surface area (Å²) < 4.78 is 2.05. The van der Waals surface area contributed by atoms with E-state index in [-0.39, 0.29) is 11.7 Å². The predicted octanol–water partition coefficient (Wildman–Crippen LogP) is 4.21. The van der Waals surface area contributed by atoms with E-state index in [9.17, 15) is 9.90 Å². The molecule has 0 saturated carbocycles. The van der Waals surface area contributed by atoms with Crippen LogP contribution in [0.15, 0.2) is 67.6 Å². The van der Waals surface area contributed by atoms with E-state index in [0.717, 1.165) is 23.0 Å². The molecular weight excluding hydrogens is 454 g/mol. The number of likely N-dealkylation sites (N-methyl/N-ethyl adjacent to an activating group) is 2. The lowest BCUT2D eigenvalue weighted by Crippen LogP contribution is -2.29. The first-order valence-corrected chi connectivity index (χ1v) is 11.6. The number of carbonyl (C=O) groups excluding carboxylic acids is 1. The monoisotopic (exact) mass is 485 g/mol. The van der Waals surface area contributed by atoms with Crippen LogP contribution in [0.1, 0.15) is 0 Å². The highest BCUT2D eigenvalue weighted by Crippen LogP contribution is 2.37. The van der Waals surface area contributed by atoms with E-state index in [2.05, 4.69) is 43.8 Å². The molecule has 0 radical (unpaired) electrons. The standard InChI is InChI=1S/C27H31N7O2/c1-6-27(36)31-20-13-21(25(35)14-24(20)33(4)12-11-32(2)3)29-26-16-28-15-22(30-26)19-17-34(5)23-10-8-7-9-18(19)23/h6-10,13-17,35H,1,11-12H2,2-5H3,(H,29,30)(H,31,36). The number of para-hydroxylation sites is 1. The molecule has 2 heterocycles. The van der Waals surface area contributed by atoms with Gasteiger partial charge >= 0.3 is 0 Å². The van der Waals surface area contributed by atoms with Crippen LogP contribution in [0.25, 0.3) is 22.2 Å². The van der Waals surface area contributed by atoms with Crippen LogP contribution in [-0.2, 0) is 11.8 Å². The summed E-state index contributed by atoms with van der Waals surface area (Å²) in [5, 5.41) is 17.9. The SMILES string of the molecule is C=CC(=O)Nc1cc(Nc2cncc(-c3cn(C)c4ccccc34)n2)c(O)cc1N(C)CCN(C)C. The fraction of sp³-hybridized carbons (Fsp3) is 0.222. The molecule has 0 saturated heterocycles. The summed E-state index contributed by atoms with van der Waals surface area (Å²) >= 11 is 0. The Morgan fingerprint density at radius 1 is 1.14 bits per heavy atom. The first-order valence-electron chi connectivity index (χ1n) is 11.6. The van der Waals surface area contributed by atoms with Gasteiger partial charge in [0.2, 0.25) is 5.91 Å². The van der Waals surface area contributed by atoms with Crippen LogP contribution >= 0.6 is 0 Å². The molecule has 0 bridgehead atoms. The molecule has 36 heavy (non-hydrogen) atoms. The van der Waals surface area contributed by atoms with Crippen molar-refractivity contribution in [3.63, 3.8) is 0 Å². The number of hydrogen-bond donors (Lipinski definition) is 3. The van der Waals surface area contributed by atoms with Gasteiger partial charge in [0.05, 0.1) is 35.1 Å². The Morgan fingerprint density at radius 2 is 1.92 bits per heavy atom. The number of phenolic OH excluding ortho intramolecular Hbond substituents is 1. The minimum atomic E-state index is -0.341. The number of hydrogen-bond acceptors (Lipinski definition) is 7. The van der Waals surface area contributed by atoms with Crippen LogP contribution in [-0.4, -0.2) is 64.7 Å². The van der Waals surface area contributed by atoms with E-state index in [1.54, 1.807) is 24.5 Å². The van der Waals surface area contributed by atoms with Gasteiger partial charge < -0.3 is 30.1 Å². The lowest BCUT2D eigenvalue weighted by molar-refractivity contribution is -0.111. The van der Waals surface area contributed by atoms with Crippen molar-refractivity contribution >= 4 is 39.7 Å². The van der Waals surface area contributed by atoms with Crippen molar-refractivity contribution in [2.75, 3.05) is 49.8 Å². The predicted molar refractivity (Wildman–Crippen MR) is 146 cm³/mol. The molecule has 0 fully saturated rings. The van der Waals surface area contributed by atoms with Crippen LogP contribution < -0.4 is 15.5 Å². The Balaban J connectivity index is 1.67. The van der Waals surface area contributed by atoms with Crippen LogP contribution in [0.4, 0.5) is 22.9 Å². The molecule has 4 aromatic rings. The van der Waals surface area contributed by atoms with Crippen molar-refractivity contribution in [1.29, 1.82) is 0 Å². The van der Waals surface area contributed by atoms with Crippen molar-refractivity contribution in [1.82, 2.24) is 19.4 Å². The molecule has 2 aromatic heterocycles. The van der Waals surface area contributed by atoms with E-state index in [1.165, 1.54) is 6.08 Å². The minimum absolute atomic E-state index is 0.0238. The highest BCUT2D eigenvalue weighted by Gasteiger charge is 2.16. The minimum Gasteiger partial charge on any atom is -0.506 e. The molecular formula is C27H31N7O2. The summed E-state index contributed by atoms with van der Waals surface area (Å²) in [6.07, 6.45) is 6.54. The fourth-order valence-corrected chi connectivity index (χ4v) is 3.99. The van der Waals surface area contributed by atoms with Crippen LogP contribution in [0.2, 0.25) is 0 Å². The third kappa shape index (κ3) is 5.31. The van der Waals surface area contributed by atoms with Gasteiger partial charge in [0, 0.05) is 55.9 Å². The second-order valence-corrected chi connectivity index (χ2v) is 8.89. The molecule has 4 rings (SSSR count). The zero-order valence-corrected chi connectivity index (χ0v) is 21.0. The van der Waals surface area contributed by atoms with Gasteiger partial charge in [-0.2, -0.15) is 0 Å². The lowest BCUT2D eigenvalue weighted by Gasteiger charge is -2.25. The Morgan fingerprint density at radius 3 is 2.67 bits per heavy atom. The molecule has 0 atom stereocenters. The van der Waals surface area contributed by atoms with Crippen LogP contribution in [0, 0.1) is 0 Å². The number of aromatic hydroxyl groups is 1. The first kappa shape index (κ1) is 24.7.